The number of rotatable bonds is 3. The standard InChI is InChI=1S/C12H14FNO5S/c1-7-9(13)3-8(11(15)16)4-10(7)20(18,19)14-5-12(2,17)6-14/h3-4,17H,5-6H2,1-2H3,(H,15,16). The molecule has 0 radical (unpaired) electrons. The maximum absolute atomic E-state index is 13.7. The lowest BCUT2D eigenvalue weighted by atomic mass is 10.0. The van der Waals surface area contributed by atoms with Crippen molar-refractivity contribution >= 4 is 16.0 Å². The minimum absolute atomic E-state index is 0.103. The van der Waals surface area contributed by atoms with Crippen LogP contribution in [0.1, 0.15) is 22.8 Å². The topological polar surface area (TPSA) is 94.9 Å². The first kappa shape index (κ1) is 14.9. The van der Waals surface area contributed by atoms with Gasteiger partial charge in [0, 0.05) is 18.7 Å². The maximum atomic E-state index is 13.7. The fourth-order valence-corrected chi connectivity index (χ4v) is 4.00. The molecule has 0 spiro atoms. The summed E-state index contributed by atoms with van der Waals surface area (Å²) in [5, 5.41) is 18.5. The fourth-order valence-electron chi connectivity index (χ4n) is 2.07. The summed E-state index contributed by atoms with van der Waals surface area (Å²) in [6.07, 6.45) is 0. The molecule has 1 heterocycles. The molecule has 1 aromatic carbocycles. The number of aromatic carboxylic acids is 1. The summed E-state index contributed by atoms with van der Waals surface area (Å²) in [7, 11) is -4.01. The van der Waals surface area contributed by atoms with E-state index in [-0.39, 0.29) is 23.5 Å². The number of carboxylic acids is 1. The predicted octanol–water partition coefficient (Wildman–Crippen LogP) is 0.588. The third kappa shape index (κ3) is 2.41. The normalized spacial score (nSPS) is 18.6. The van der Waals surface area contributed by atoms with E-state index in [1.807, 2.05) is 0 Å². The number of sulfonamides is 1. The van der Waals surface area contributed by atoms with Crippen LogP contribution in [0.2, 0.25) is 0 Å². The summed E-state index contributed by atoms with van der Waals surface area (Å²) < 4.78 is 39.3. The monoisotopic (exact) mass is 303 g/mol. The molecule has 0 aliphatic carbocycles. The van der Waals surface area contributed by atoms with Gasteiger partial charge in [-0.15, -0.1) is 0 Å². The van der Waals surface area contributed by atoms with Crippen molar-refractivity contribution in [2.75, 3.05) is 13.1 Å². The molecule has 0 unspecified atom stereocenters. The Morgan fingerprint density at radius 2 is 1.95 bits per heavy atom. The molecule has 1 aromatic rings. The zero-order valence-electron chi connectivity index (χ0n) is 10.9. The molecule has 110 valence electrons. The van der Waals surface area contributed by atoms with Crippen LogP contribution in [0, 0.1) is 12.7 Å². The molecule has 0 atom stereocenters. The van der Waals surface area contributed by atoms with Crippen molar-refractivity contribution < 1.29 is 27.8 Å². The van der Waals surface area contributed by atoms with Crippen molar-refractivity contribution in [1.82, 2.24) is 4.31 Å². The van der Waals surface area contributed by atoms with E-state index >= 15 is 0 Å². The Morgan fingerprint density at radius 1 is 1.40 bits per heavy atom. The van der Waals surface area contributed by atoms with Gasteiger partial charge in [-0.1, -0.05) is 0 Å². The van der Waals surface area contributed by atoms with Gasteiger partial charge in [-0.2, -0.15) is 4.31 Å². The number of β-amino-alcohol motifs (C(OH)–C–C–N with tert-alkyl or cyclic N) is 1. The Morgan fingerprint density at radius 3 is 2.40 bits per heavy atom. The lowest BCUT2D eigenvalue weighted by Gasteiger charge is -2.43. The smallest absolute Gasteiger partial charge is 0.335 e. The van der Waals surface area contributed by atoms with Crippen molar-refractivity contribution in [2.45, 2.75) is 24.3 Å². The Hall–Kier alpha value is -1.51. The zero-order valence-corrected chi connectivity index (χ0v) is 11.7. The van der Waals surface area contributed by atoms with Gasteiger partial charge in [0.25, 0.3) is 0 Å². The number of carbonyl (C=O) groups is 1. The number of hydrogen-bond donors (Lipinski definition) is 2. The highest BCUT2D eigenvalue weighted by Crippen LogP contribution is 2.30. The second-order valence-corrected chi connectivity index (χ2v) is 7.06. The molecule has 8 heteroatoms. The molecular formula is C12H14FNO5S. The third-order valence-corrected chi connectivity index (χ3v) is 5.11. The van der Waals surface area contributed by atoms with E-state index in [1.54, 1.807) is 0 Å². The fraction of sp³-hybridized carbons (Fsp3) is 0.417. The van der Waals surface area contributed by atoms with Gasteiger partial charge in [0.15, 0.2) is 0 Å². The maximum Gasteiger partial charge on any atom is 0.335 e. The largest absolute Gasteiger partial charge is 0.478 e. The first-order valence-corrected chi connectivity index (χ1v) is 7.24. The molecule has 2 rings (SSSR count). The van der Waals surface area contributed by atoms with Crippen LogP contribution in [0.5, 0.6) is 0 Å². The SMILES string of the molecule is Cc1c(F)cc(C(=O)O)cc1S(=O)(=O)N1CC(C)(O)C1. The Kier molecular flexibility index (Phi) is 3.35. The van der Waals surface area contributed by atoms with Crippen molar-refractivity contribution in [3.63, 3.8) is 0 Å². The lowest BCUT2D eigenvalue weighted by molar-refractivity contribution is -0.0426. The summed E-state index contributed by atoms with van der Waals surface area (Å²) in [6.45, 7) is 2.55. The molecule has 0 amide bonds. The van der Waals surface area contributed by atoms with Crippen molar-refractivity contribution in [3.8, 4) is 0 Å². The Bertz CT molecular complexity index is 675. The van der Waals surface area contributed by atoms with Gasteiger partial charge < -0.3 is 10.2 Å². The third-order valence-electron chi connectivity index (χ3n) is 3.20. The zero-order chi connectivity index (χ0) is 15.3. The number of carboxylic acid groups (broad SMARTS) is 1. The average molecular weight is 303 g/mol. The van der Waals surface area contributed by atoms with Gasteiger partial charge in [0.05, 0.1) is 16.1 Å². The van der Waals surface area contributed by atoms with Gasteiger partial charge in [-0.3, -0.25) is 0 Å². The molecule has 1 aliphatic rings. The van der Waals surface area contributed by atoms with Gasteiger partial charge in [-0.05, 0) is 26.0 Å². The summed E-state index contributed by atoms with van der Waals surface area (Å²) in [6, 6.07) is 1.71. The molecule has 20 heavy (non-hydrogen) atoms. The number of aliphatic hydroxyl groups is 1. The highest BCUT2D eigenvalue weighted by molar-refractivity contribution is 7.89. The van der Waals surface area contributed by atoms with Crippen molar-refractivity contribution in [1.29, 1.82) is 0 Å². The molecule has 1 aliphatic heterocycles. The molecule has 2 N–H and O–H groups in total. The first-order valence-electron chi connectivity index (χ1n) is 5.80. The lowest BCUT2D eigenvalue weighted by Crippen LogP contribution is -2.61. The van der Waals surface area contributed by atoms with Crippen LogP contribution in [-0.4, -0.2) is 47.6 Å². The Labute approximate surface area is 115 Å². The highest BCUT2D eigenvalue weighted by Gasteiger charge is 2.44. The quantitative estimate of drug-likeness (QED) is 0.852. The van der Waals surface area contributed by atoms with Crippen LogP contribution >= 0.6 is 0 Å². The summed E-state index contributed by atoms with van der Waals surface area (Å²) in [5.74, 6) is -2.30. The van der Waals surface area contributed by atoms with E-state index in [0.29, 0.717) is 0 Å². The van der Waals surface area contributed by atoms with E-state index in [9.17, 15) is 22.7 Å². The van der Waals surface area contributed by atoms with Gasteiger partial charge in [0.1, 0.15) is 5.82 Å². The van der Waals surface area contributed by atoms with Crippen LogP contribution in [0.15, 0.2) is 17.0 Å². The number of hydrogen-bond acceptors (Lipinski definition) is 4. The van der Waals surface area contributed by atoms with Crippen LogP contribution in [0.3, 0.4) is 0 Å². The highest BCUT2D eigenvalue weighted by atomic mass is 32.2. The van der Waals surface area contributed by atoms with Crippen LogP contribution in [-0.2, 0) is 10.0 Å². The van der Waals surface area contributed by atoms with Crippen molar-refractivity contribution in [3.05, 3.63) is 29.1 Å². The minimum atomic E-state index is -4.01. The van der Waals surface area contributed by atoms with E-state index in [0.717, 1.165) is 16.4 Å². The molecule has 0 saturated carbocycles. The molecule has 1 saturated heterocycles. The van der Waals surface area contributed by atoms with Crippen LogP contribution < -0.4 is 0 Å². The van der Waals surface area contributed by atoms with E-state index < -0.39 is 33.0 Å². The summed E-state index contributed by atoms with van der Waals surface area (Å²) in [4.78, 5) is 10.5. The minimum Gasteiger partial charge on any atom is -0.478 e. The number of nitrogens with zero attached hydrogens (tertiary/aromatic N) is 1. The summed E-state index contributed by atoms with van der Waals surface area (Å²) in [5.41, 5.74) is -1.68. The van der Waals surface area contributed by atoms with Crippen LogP contribution in [0.25, 0.3) is 0 Å². The second-order valence-electron chi connectivity index (χ2n) is 5.16. The van der Waals surface area contributed by atoms with Crippen molar-refractivity contribution in [2.24, 2.45) is 0 Å². The molecule has 0 aromatic heterocycles. The second kappa shape index (κ2) is 4.51. The predicted molar refractivity (Wildman–Crippen MR) is 67.5 cm³/mol. The van der Waals surface area contributed by atoms with Crippen LogP contribution in [0.4, 0.5) is 4.39 Å². The summed E-state index contributed by atoms with van der Waals surface area (Å²) >= 11 is 0. The van der Waals surface area contributed by atoms with E-state index in [4.69, 9.17) is 5.11 Å². The number of halogens is 1. The molecular weight excluding hydrogens is 289 g/mol. The van der Waals surface area contributed by atoms with Gasteiger partial charge in [-0.25, -0.2) is 17.6 Å². The van der Waals surface area contributed by atoms with Gasteiger partial charge >= 0.3 is 5.97 Å². The van der Waals surface area contributed by atoms with Gasteiger partial charge in [0.2, 0.25) is 10.0 Å². The molecule has 0 bridgehead atoms. The average Bonchev–Trinajstić information content (AvgIpc) is 2.28. The number of benzene rings is 1. The Balaban J connectivity index is 2.49. The molecule has 1 fully saturated rings. The van der Waals surface area contributed by atoms with E-state index in [1.165, 1.54) is 13.8 Å². The van der Waals surface area contributed by atoms with E-state index in [2.05, 4.69) is 0 Å². The first-order chi connectivity index (χ1) is 9.04. The molecule has 6 nitrogen and oxygen atoms in total.